The predicted octanol–water partition coefficient (Wildman–Crippen LogP) is 1.28. The average Bonchev–Trinajstić information content (AvgIpc) is 2.53. The summed E-state index contributed by atoms with van der Waals surface area (Å²) in [5, 5.41) is 2.93. The molecule has 0 saturated carbocycles. The zero-order valence-corrected chi connectivity index (χ0v) is 12.8. The fourth-order valence-corrected chi connectivity index (χ4v) is 2.46. The van der Waals surface area contributed by atoms with Gasteiger partial charge in [0.15, 0.2) is 0 Å². The van der Waals surface area contributed by atoms with E-state index in [1.807, 2.05) is 30.3 Å². The van der Waals surface area contributed by atoms with Gasteiger partial charge in [-0.15, -0.1) is 0 Å². The van der Waals surface area contributed by atoms with Crippen molar-refractivity contribution in [3.8, 4) is 0 Å². The number of anilines is 1. The van der Waals surface area contributed by atoms with E-state index in [9.17, 15) is 4.79 Å². The number of carbonyl (C=O) groups excluding carboxylic acids is 1. The van der Waals surface area contributed by atoms with Crippen molar-refractivity contribution >= 4 is 11.6 Å². The molecule has 5 nitrogen and oxygen atoms in total. The van der Waals surface area contributed by atoms with E-state index in [4.69, 9.17) is 4.74 Å². The SMILES string of the molecule is COCCN1CCN(CCC(=O)Nc2ccccc2)CC1. The number of piperazine rings is 1. The molecule has 1 fully saturated rings. The van der Waals surface area contributed by atoms with Gasteiger partial charge in [-0.2, -0.15) is 0 Å². The average molecular weight is 291 g/mol. The number of hydrogen-bond acceptors (Lipinski definition) is 4. The number of benzene rings is 1. The van der Waals surface area contributed by atoms with E-state index in [0.29, 0.717) is 6.42 Å². The lowest BCUT2D eigenvalue weighted by molar-refractivity contribution is -0.116. The van der Waals surface area contributed by atoms with Crippen LogP contribution in [-0.4, -0.2) is 68.7 Å². The molecule has 0 atom stereocenters. The van der Waals surface area contributed by atoms with Crippen molar-refractivity contribution in [1.82, 2.24) is 9.80 Å². The van der Waals surface area contributed by atoms with Gasteiger partial charge in [0.2, 0.25) is 5.91 Å². The smallest absolute Gasteiger partial charge is 0.225 e. The summed E-state index contributed by atoms with van der Waals surface area (Å²) in [4.78, 5) is 16.7. The summed E-state index contributed by atoms with van der Waals surface area (Å²) in [6.45, 7) is 6.80. The zero-order chi connectivity index (χ0) is 14.9. The van der Waals surface area contributed by atoms with Crippen molar-refractivity contribution in [1.29, 1.82) is 0 Å². The minimum atomic E-state index is 0.0861. The fourth-order valence-electron chi connectivity index (χ4n) is 2.46. The van der Waals surface area contributed by atoms with Gasteiger partial charge in [0.25, 0.3) is 0 Å². The maximum absolute atomic E-state index is 11.9. The normalized spacial score (nSPS) is 16.8. The molecule has 1 amide bonds. The Morgan fingerprint density at radius 3 is 2.33 bits per heavy atom. The highest BCUT2D eigenvalue weighted by molar-refractivity contribution is 5.90. The second kappa shape index (κ2) is 8.77. The van der Waals surface area contributed by atoms with E-state index in [0.717, 1.165) is 51.6 Å². The summed E-state index contributed by atoms with van der Waals surface area (Å²) in [5.74, 6) is 0.0861. The van der Waals surface area contributed by atoms with Gasteiger partial charge < -0.3 is 15.0 Å². The van der Waals surface area contributed by atoms with Gasteiger partial charge >= 0.3 is 0 Å². The van der Waals surface area contributed by atoms with E-state index in [2.05, 4.69) is 15.1 Å². The zero-order valence-electron chi connectivity index (χ0n) is 12.8. The Kier molecular flexibility index (Phi) is 6.66. The van der Waals surface area contributed by atoms with Crippen molar-refractivity contribution in [2.24, 2.45) is 0 Å². The van der Waals surface area contributed by atoms with E-state index in [1.54, 1.807) is 7.11 Å². The number of carbonyl (C=O) groups is 1. The molecule has 1 aliphatic heterocycles. The van der Waals surface area contributed by atoms with Crippen LogP contribution in [0.5, 0.6) is 0 Å². The first-order valence-electron chi connectivity index (χ1n) is 7.56. The van der Waals surface area contributed by atoms with Crippen LogP contribution in [0.1, 0.15) is 6.42 Å². The van der Waals surface area contributed by atoms with Crippen molar-refractivity contribution in [2.75, 3.05) is 58.3 Å². The molecule has 1 saturated heterocycles. The number of amides is 1. The quantitative estimate of drug-likeness (QED) is 0.822. The third kappa shape index (κ3) is 5.83. The second-order valence-corrected chi connectivity index (χ2v) is 5.34. The summed E-state index contributed by atoms with van der Waals surface area (Å²) in [7, 11) is 1.74. The summed E-state index contributed by atoms with van der Waals surface area (Å²) in [6.07, 6.45) is 0.549. The van der Waals surface area contributed by atoms with Crippen LogP contribution < -0.4 is 5.32 Å². The fraction of sp³-hybridized carbons (Fsp3) is 0.562. The monoisotopic (exact) mass is 291 g/mol. The Balaban J connectivity index is 1.62. The van der Waals surface area contributed by atoms with Crippen molar-refractivity contribution < 1.29 is 9.53 Å². The number of nitrogens with one attached hydrogen (secondary N) is 1. The van der Waals surface area contributed by atoms with Gasteiger partial charge in [-0.1, -0.05) is 18.2 Å². The summed E-state index contributed by atoms with van der Waals surface area (Å²) in [6, 6.07) is 9.61. The minimum Gasteiger partial charge on any atom is -0.383 e. The molecule has 1 aromatic carbocycles. The molecular formula is C16H25N3O2. The number of methoxy groups -OCH3 is 1. The van der Waals surface area contributed by atoms with Crippen LogP contribution in [0.15, 0.2) is 30.3 Å². The Labute approximate surface area is 126 Å². The van der Waals surface area contributed by atoms with Crippen molar-refractivity contribution in [3.05, 3.63) is 30.3 Å². The molecule has 0 aromatic heterocycles. The first-order valence-corrected chi connectivity index (χ1v) is 7.56. The molecule has 0 unspecified atom stereocenters. The largest absolute Gasteiger partial charge is 0.383 e. The van der Waals surface area contributed by atoms with Crippen LogP contribution in [0.4, 0.5) is 5.69 Å². The molecule has 2 rings (SSSR count). The first-order chi connectivity index (χ1) is 10.3. The molecule has 1 aliphatic rings. The highest BCUT2D eigenvalue weighted by atomic mass is 16.5. The molecular weight excluding hydrogens is 266 g/mol. The van der Waals surface area contributed by atoms with Crippen LogP contribution in [0.3, 0.4) is 0 Å². The third-order valence-electron chi connectivity index (χ3n) is 3.79. The lowest BCUT2D eigenvalue weighted by Gasteiger charge is -2.34. The molecule has 5 heteroatoms. The van der Waals surface area contributed by atoms with Crippen LogP contribution in [0, 0.1) is 0 Å². The third-order valence-corrected chi connectivity index (χ3v) is 3.79. The molecule has 0 aliphatic carbocycles. The number of ether oxygens (including phenoxy) is 1. The molecule has 0 spiro atoms. The van der Waals surface area contributed by atoms with E-state index in [-0.39, 0.29) is 5.91 Å². The number of nitrogens with zero attached hydrogens (tertiary/aromatic N) is 2. The highest BCUT2D eigenvalue weighted by Crippen LogP contribution is 2.07. The van der Waals surface area contributed by atoms with Crippen molar-refractivity contribution in [2.45, 2.75) is 6.42 Å². The van der Waals surface area contributed by atoms with E-state index in [1.165, 1.54) is 0 Å². The Hall–Kier alpha value is -1.43. The van der Waals surface area contributed by atoms with Gasteiger partial charge in [0, 0.05) is 58.5 Å². The summed E-state index contributed by atoms with van der Waals surface area (Å²) < 4.78 is 5.10. The van der Waals surface area contributed by atoms with E-state index < -0.39 is 0 Å². The second-order valence-electron chi connectivity index (χ2n) is 5.34. The molecule has 1 aromatic rings. The van der Waals surface area contributed by atoms with Gasteiger partial charge in [0.1, 0.15) is 0 Å². The molecule has 116 valence electrons. The standard InChI is InChI=1S/C16H25N3O2/c1-21-14-13-19-11-9-18(10-12-19)8-7-16(20)17-15-5-3-2-4-6-15/h2-6H,7-14H2,1H3,(H,17,20). The Bertz CT molecular complexity index is 417. The molecule has 21 heavy (non-hydrogen) atoms. The van der Waals surface area contributed by atoms with Gasteiger partial charge in [0.05, 0.1) is 6.61 Å². The Morgan fingerprint density at radius 1 is 1.10 bits per heavy atom. The molecule has 1 N–H and O–H groups in total. The van der Waals surface area contributed by atoms with Gasteiger partial charge in [-0.3, -0.25) is 9.69 Å². The lowest BCUT2D eigenvalue weighted by atomic mass is 10.2. The minimum absolute atomic E-state index is 0.0861. The molecule has 1 heterocycles. The number of rotatable bonds is 7. The van der Waals surface area contributed by atoms with Gasteiger partial charge in [-0.25, -0.2) is 0 Å². The van der Waals surface area contributed by atoms with Crippen molar-refractivity contribution in [3.63, 3.8) is 0 Å². The van der Waals surface area contributed by atoms with E-state index >= 15 is 0 Å². The highest BCUT2D eigenvalue weighted by Gasteiger charge is 2.16. The van der Waals surface area contributed by atoms with Crippen LogP contribution in [0.2, 0.25) is 0 Å². The lowest BCUT2D eigenvalue weighted by Crippen LogP contribution is -2.47. The summed E-state index contributed by atoms with van der Waals surface area (Å²) in [5.41, 5.74) is 0.867. The van der Waals surface area contributed by atoms with Crippen LogP contribution in [0.25, 0.3) is 0 Å². The number of para-hydroxylation sites is 1. The maximum atomic E-state index is 11.9. The van der Waals surface area contributed by atoms with Crippen LogP contribution >= 0.6 is 0 Å². The maximum Gasteiger partial charge on any atom is 0.225 e. The summed E-state index contributed by atoms with van der Waals surface area (Å²) >= 11 is 0. The molecule has 0 radical (unpaired) electrons. The molecule has 0 bridgehead atoms. The van der Waals surface area contributed by atoms with Crippen LogP contribution in [-0.2, 0) is 9.53 Å². The first kappa shape index (κ1) is 15.9. The Morgan fingerprint density at radius 2 is 1.71 bits per heavy atom. The van der Waals surface area contributed by atoms with Gasteiger partial charge in [-0.05, 0) is 12.1 Å². The predicted molar refractivity (Wildman–Crippen MR) is 84.4 cm³/mol. The number of hydrogen-bond donors (Lipinski definition) is 1. The topological polar surface area (TPSA) is 44.8 Å².